The van der Waals surface area contributed by atoms with E-state index in [1.165, 1.54) is 11.8 Å². The lowest BCUT2D eigenvalue weighted by molar-refractivity contribution is -0.119. The number of carbonyl (C=O) groups excluding carboxylic acids is 1. The number of carbonyl (C=O) groups is 1. The lowest BCUT2D eigenvalue weighted by Crippen LogP contribution is -2.28. The van der Waals surface area contributed by atoms with Gasteiger partial charge >= 0.3 is 0 Å². The summed E-state index contributed by atoms with van der Waals surface area (Å²) in [6.45, 7) is 1.90. The van der Waals surface area contributed by atoms with Crippen molar-refractivity contribution in [3.8, 4) is 5.69 Å². The van der Waals surface area contributed by atoms with Crippen molar-refractivity contribution in [1.29, 1.82) is 0 Å². The summed E-state index contributed by atoms with van der Waals surface area (Å²) < 4.78 is 7.42. The molecular formula is C21H19N3O2S. The van der Waals surface area contributed by atoms with Crippen LogP contribution in [-0.4, -0.2) is 21.2 Å². The molecule has 0 spiro atoms. The molecule has 0 fully saturated rings. The molecule has 0 aliphatic rings. The van der Waals surface area contributed by atoms with Crippen LogP contribution in [0.3, 0.4) is 0 Å². The zero-order chi connectivity index (χ0) is 18.6. The van der Waals surface area contributed by atoms with Crippen LogP contribution in [0.1, 0.15) is 18.7 Å². The number of thioether (sulfide) groups is 1. The molecule has 1 atom stereocenters. The Kier molecular flexibility index (Phi) is 4.98. The first-order valence-electron chi connectivity index (χ1n) is 8.71. The highest BCUT2D eigenvalue weighted by atomic mass is 32.2. The van der Waals surface area contributed by atoms with Gasteiger partial charge in [-0.1, -0.05) is 42.1 Å². The summed E-state index contributed by atoms with van der Waals surface area (Å²) in [5.74, 6) is 0.960. The SMILES string of the molecule is CC(NC(=O)CSc1nc2ccccc2n1-c1ccccc1)c1ccco1. The van der Waals surface area contributed by atoms with Gasteiger partial charge in [-0.15, -0.1) is 0 Å². The van der Waals surface area contributed by atoms with Crippen LogP contribution in [0, 0.1) is 0 Å². The summed E-state index contributed by atoms with van der Waals surface area (Å²) in [6, 6.07) is 21.5. The van der Waals surface area contributed by atoms with Crippen molar-refractivity contribution >= 4 is 28.7 Å². The van der Waals surface area contributed by atoms with Gasteiger partial charge < -0.3 is 9.73 Å². The van der Waals surface area contributed by atoms with Gasteiger partial charge in [-0.25, -0.2) is 4.98 Å². The fourth-order valence-corrected chi connectivity index (χ4v) is 3.79. The zero-order valence-electron chi connectivity index (χ0n) is 14.8. The van der Waals surface area contributed by atoms with Crippen molar-refractivity contribution in [3.05, 3.63) is 78.8 Å². The molecule has 2 aromatic heterocycles. The normalized spacial score (nSPS) is 12.2. The van der Waals surface area contributed by atoms with E-state index < -0.39 is 0 Å². The Morgan fingerprint density at radius 2 is 1.89 bits per heavy atom. The lowest BCUT2D eigenvalue weighted by Gasteiger charge is -2.12. The van der Waals surface area contributed by atoms with E-state index >= 15 is 0 Å². The quantitative estimate of drug-likeness (QED) is 0.499. The Bertz CT molecular complexity index is 1040. The molecule has 6 heteroatoms. The van der Waals surface area contributed by atoms with E-state index in [-0.39, 0.29) is 17.7 Å². The highest BCUT2D eigenvalue weighted by Gasteiger charge is 2.16. The maximum atomic E-state index is 12.4. The molecule has 0 bridgehead atoms. The third-order valence-electron chi connectivity index (χ3n) is 4.22. The first kappa shape index (κ1) is 17.4. The van der Waals surface area contributed by atoms with Crippen LogP contribution in [0.25, 0.3) is 16.7 Å². The Morgan fingerprint density at radius 1 is 1.11 bits per heavy atom. The van der Waals surface area contributed by atoms with E-state index in [1.54, 1.807) is 6.26 Å². The first-order valence-corrected chi connectivity index (χ1v) is 9.69. The number of rotatable bonds is 6. The van der Waals surface area contributed by atoms with E-state index in [9.17, 15) is 4.79 Å². The van der Waals surface area contributed by atoms with Gasteiger partial charge in [0.25, 0.3) is 0 Å². The molecule has 0 aliphatic heterocycles. The number of hydrogen-bond donors (Lipinski definition) is 1. The summed E-state index contributed by atoms with van der Waals surface area (Å²) in [6.07, 6.45) is 1.61. The third-order valence-corrected chi connectivity index (χ3v) is 5.16. The molecule has 0 saturated heterocycles. The lowest BCUT2D eigenvalue weighted by atomic mass is 10.2. The summed E-state index contributed by atoms with van der Waals surface area (Å²) >= 11 is 1.42. The van der Waals surface area contributed by atoms with Gasteiger partial charge in [0.2, 0.25) is 5.91 Å². The van der Waals surface area contributed by atoms with Crippen LogP contribution < -0.4 is 5.32 Å². The second-order valence-corrected chi connectivity index (χ2v) is 7.09. The topological polar surface area (TPSA) is 60.1 Å². The van der Waals surface area contributed by atoms with Gasteiger partial charge in [0.1, 0.15) is 5.76 Å². The van der Waals surface area contributed by atoms with Crippen molar-refractivity contribution in [3.63, 3.8) is 0 Å². The number of nitrogens with zero attached hydrogens (tertiary/aromatic N) is 2. The van der Waals surface area contributed by atoms with Crippen molar-refractivity contribution in [2.75, 3.05) is 5.75 Å². The van der Waals surface area contributed by atoms with Crippen LogP contribution in [0.4, 0.5) is 0 Å². The molecule has 1 unspecified atom stereocenters. The van der Waals surface area contributed by atoms with Gasteiger partial charge in [0.05, 0.1) is 29.1 Å². The van der Waals surface area contributed by atoms with Gasteiger partial charge in [-0.05, 0) is 43.3 Å². The van der Waals surface area contributed by atoms with E-state index in [0.29, 0.717) is 0 Å². The van der Waals surface area contributed by atoms with Crippen LogP contribution in [0.15, 0.2) is 82.6 Å². The van der Waals surface area contributed by atoms with Crippen LogP contribution in [0.2, 0.25) is 0 Å². The fourth-order valence-electron chi connectivity index (χ4n) is 2.95. The number of furan rings is 1. The molecule has 1 amide bonds. The standard InChI is InChI=1S/C21H19N3O2S/c1-15(19-12-7-13-26-19)22-20(25)14-27-21-23-17-10-5-6-11-18(17)24(21)16-8-3-2-4-9-16/h2-13,15H,14H2,1H3,(H,22,25). The average Bonchev–Trinajstić information content (AvgIpc) is 3.35. The number of hydrogen-bond acceptors (Lipinski definition) is 4. The Hall–Kier alpha value is -2.99. The van der Waals surface area contributed by atoms with Crippen molar-refractivity contribution in [2.24, 2.45) is 0 Å². The summed E-state index contributed by atoms with van der Waals surface area (Å²) in [7, 11) is 0. The molecule has 27 heavy (non-hydrogen) atoms. The molecule has 0 radical (unpaired) electrons. The van der Waals surface area contributed by atoms with E-state index in [1.807, 2.05) is 73.7 Å². The second-order valence-electron chi connectivity index (χ2n) is 6.15. The number of amides is 1. The minimum Gasteiger partial charge on any atom is -0.467 e. The number of imidazole rings is 1. The smallest absolute Gasteiger partial charge is 0.231 e. The maximum Gasteiger partial charge on any atom is 0.231 e. The predicted octanol–water partition coefficient (Wildman–Crippen LogP) is 4.59. The molecule has 4 rings (SSSR count). The van der Waals surface area contributed by atoms with Gasteiger partial charge in [-0.2, -0.15) is 0 Å². The second kappa shape index (κ2) is 7.72. The first-order chi connectivity index (χ1) is 13.2. The predicted molar refractivity (Wildman–Crippen MR) is 107 cm³/mol. The molecule has 136 valence electrons. The minimum absolute atomic E-state index is 0.0597. The zero-order valence-corrected chi connectivity index (χ0v) is 15.6. The maximum absolute atomic E-state index is 12.4. The van der Waals surface area contributed by atoms with Crippen LogP contribution in [0.5, 0.6) is 0 Å². The number of nitrogens with one attached hydrogen (secondary N) is 1. The Balaban J connectivity index is 1.54. The van der Waals surface area contributed by atoms with Crippen molar-refractivity contribution in [1.82, 2.24) is 14.9 Å². The number of para-hydroxylation sites is 3. The molecule has 2 heterocycles. The fraction of sp³-hybridized carbons (Fsp3) is 0.143. The minimum atomic E-state index is -0.166. The summed E-state index contributed by atoms with van der Waals surface area (Å²) in [5.41, 5.74) is 2.96. The van der Waals surface area contributed by atoms with E-state index in [0.717, 1.165) is 27.6 Å². The van der Waals surface area contributed by atoms with Gasteiger partial charge in [0.15, 0.2) is 5.16 Å². The molecule has 5 nitrogen and oxygen atoms in total. The highest BCUT2D eigenvalue weighted by Crippen LogP contribution is 2.28. The Morgan fingerprint density at radius 3 is 2.67 bits per heavy atom. The van der Waals surface area contributed by atoms with E-state index in [4.69, 9.17) is 9.40 Å². The number of aromatic nitrogens is 2. The van der Waals surface area contributed by atoms with Crippen LogP contribution in [-0.2, 0) is 4.79 Å². The monoisotopic (exact) mass is 377 g/mol. The third kappa shape index (κ3) is 3.75. The average molecular weight is 377 g/mol. The van der Waals surface area contributed by atoms with Crippen LogP contribution >= 0.6 is 11.8 Å². The molecule has 0 aliphatic carbocycles. The molecule has 4 aromatic rings. The van der Waals surface area contributed by atoms with Crippen molar-refractivity contribution < 1.29 is 9.21 Å². The van der Waals surface area contributed by atoms with Gasteiger partial charge in [0, 0.05) is 5.69 Å². The summed E-state index contributed by atoms with van der Waals surface area (Å²) in [4.78, 5) is 17.1. The van der Waals surface area contributed by atoms with Gasteiger partial charge in [-0.3, -0.25) is 9.36 Å². The number of fused-ring (bicyclic) bond motifs is 1. The largest absolute Gasteiger partial charge is 0.467 e. The highest BCUT2D eigenvalue weighted by molar-refractivity contribution is 7.99. The number of benzene rings is 2. The molecular weight excluding hydrogens is 358 g/mol. The molecule has 2 aromatic carbocycles. The molecule has 0 saturated carbocycles. The summed E-state index contributed by atoms with van der Waals surface area (Å²) in [5, 5.41) is 3.75. The molecule has 1 N–H and O–H groups in total. The van der Waals surface area contributed by atoms with Crippen molar-refractivity contribution in [2.45, 2.75) is 18.1 Å². The van der Waals surface area contributed by atoms with E-state index in [2.05, 4.69) is 9.88 Å². The Labute approximate surface area is 161 Å².